The fraction of sp³-hybridized carbons (Fsp3) is 0.125. The van der Waals surface area contributed by atoms with Gasteiger partial charge in [0.15, 0.2) is 0 Å². The fourth-order valence-corrected chi connectivity index (χ4v) is 5.58. The lowest BCUT2D eigenvalue weighted by Crippen LogP contribution is -2.18. The number of nitrogens with zero attached hydrogens (tertiary/aromatic N) is 1. The first-order chi connectivity index (χ1) is 16.6. The van der Waals surface area contributed by atoms with Gasteiger partial charge in [-0.1, -0.05) is 34.8 Å². The summed E-state index contributed by atoms with van der Waals surface area (Å²) in [6, 6.07) is 14.9. The SMILES string of the molecule is O=C(Nc1ccc2cc[nH]c2n1)c1cc(NC(=O)[C@@H]2[C@@H](c3cc(Cl)cc(Cl)c3)C2(Cl)Cl)ccc1Cl. The molecule has 0 saturated heterocycles. The molecule has 2 aromatic heterocycles. The molecule has 35 heavy (non-hydrogen) atoms. The number of fused-ring (bicyclic) bond motifs is 1. The van der Waals surface area contributed by atoms with E-state index < -0.39 is 28.0 Å². The molecule has 1 saturated carbocycles. The third kappa shape index (κ3) is 4.82. The number of alkyl halides is 2. The van der Waals surface area contributed by atoms with Crippen molar-refractivity contribution in [3.8, 4) is 0 Å². The summed E-state index contributed by atoms with van der Waals surface area (Å²) in [5.74, 6) is -1.78. The number of H-pyrrole nitrogens is 1. The van der Waals surface area contributed by atoms with E-state index in [1.807, 2.05) is 12.1 Å². The van der Waals surface area contributed by atoms with Gasteiger partial charge in [0.1, 0.15) is 15.8 Å². The maximum atomic E-state index is 13.0. The maximum absolute atomic E-state index is 13.0. The summed E-state index contributed by atoms with van der Waals surface area (Å²) < 4.78 is -1.33. The zero-order valence-electron chi connectivity index (χ0n) is 17.6. The summed E-state index contributed by atoms with van der Waals surface area (Å²) in [5, 5.41) is 7.44. The number of anilines is 2. The van der Waals surface area contributed by atoms with Crippen LogP contribution in [0.15, 0.2) is 60.8 Å². The predicted octanol–water partition coefficient (Wildman–Crippen LogP) is 7.30. The van der Waals surface area contributed by atoms with Crippen LogP contribution in [0.5, 0.6) is 0 Å². The van der Waals surface area contributed by atoms with Crippen LogP contribution in [-0.2, 0) is 4.79 Å². The Balaban J connectivity index is 1.33. The Hall–Kier alpha value is -2.48. The molecule has 2 atom stereocenters. The van der Waals surface area contributed by atoms with E-state index in [2.05, 4.69) is 20.6 Å². The Labute approximate surface area is 224 Å². The number of halogens is 5. The largest absolute Gasteiger partial charge is 0.346 e. The molecule has 1 aliphatic rings. The summed E-state index contributed by atoms with van der Waals surface area (Å²) in [4.78, 5) is 33.2. The van der Waals surface area contributed by atoms with Crippen LogP contribution in [0.25, 0.3) is 11.0 Å². The molecule has 2 heterocycles. The average Bonchev–Trinajstić information content (AvgIpc) is 3.11. The van der Waals surface area contributed by atoms with E-state index in [0.29, 0.717) is 32.8 Å². The molecule has 1 aliphatic carbocycles. The van der Waals surface area contributed by atoms with Gasteiger partial charge in [0, 0.05) is 33.2 Å². The molecule has 5 rings (SSSR count). The number of pyridine rings is 1. The third-order valence-electron chi connectivity index (χ3n) is 5.71. The lowest BCUT2D eigenvalue weighted by Gasteiger charge is -2.10. The van der Waals surface area contributed by atoms with Crippen molar-refractivity contribution in [1.82, 2.24) is 9.97 Å². The zero-order valence-corrected chi connectivity index (χ0v) is 21.4. The van der Waals surface area contributed by atoms with Gasteiger partial charge in [-0.15, -0.1) is 23.2 Å². The highest BCUT2D eigenvalue weighted by molar-refractivity contribution is 6.53. The molecular weight excluding hydrogens is 554 g/mol. The van der Waals surface area contributed by atoms with Gasteiger partial charge in [-0.3, -0.25) is 9.59 Å². The Kier molecular flexibility index (Phi) is 6.36. The number of aromatic nitrogens is 2. The van der Waals surface area contributed by atoms with Crippen LogP contribution in [0.3, 0.4) is 0 Å². The van der Waals surface area contributed by atoms with Gasteiger partial charge in [-0.25, -0.2) is 4.98 Å². The van der Waals surface area contributed by atoms with Gasteiger partial charge < -0.3 is 15.6 Å². The molecule has 0 radical (unpaired) electrons. The van der Waals surface area contributed by atoms with E-state index in [-0.39, 0.29) is 10.6 Å². The van der Waals surface area contributed by atoms with Crippen molar-refractivity contribution in [2.75, 3.05) is 10.6 Å². The van der Waals surface area contributed by atoms with Gasteiger partial charge in [0.25, 0.3) is 5.91 Å². The summed E-state index contributed by atoms with van der Waals surface area (Å²) in [6.45, 7) is 0. The second-order valence-electron chi connectivity index (χ2n) is 8.08. The summed E-state index contributed by atoms with van der Waals surface area (Å²) >= 11 is 31.3. The molecule has 4 aromatic rings. The van der Waals surface area contributed by atoms with Crippen molar-refractivity contribution in [3.63, 3.8) is 0 Å². The topological polar surface area (TPSA) is 86.9 Å². The number of nitrogens with one attached hydrogen (secondary N) is 3. The molecule has 0 unspecified atom stereocenters. The molecule has 0 aliphatic heterocycles. The molecule has 1 fully saturated rings. The molecule has 2 aromatic carbocycles. The summed E-state index contributed by atoms with van der Waals surface area (Å²) in [7, 11) is 0. The first-order valence-electron chi connectivity index (χ1n) is 10.3. The maximum Gasteiger partial charge on any atom is 0.258 e. The number of hydrogen-bond acceptors (Lipinski definition) is 3. The number of aromatic amines is 1. The Bertz CT molecular complexity index is 1470. The monoisotopic (exact) mass is 566 g/mol. The number of benzene rings is 2. The molecule has 178 valence electrons. The van der Waals surface area contributed by atoms with Gasteiger partial charge in [-0.2, -0.15) is 0 Å². The van der Waals surface area contributed by atoms with Gasteiger partial charge in [0.05, 0.1) is 16.5 Å². The van der Waals surface area contributed by atoms with Crippen LogP contribution in [0.2, 0.25) is 15.1 Å². The summed E-state index contributed by atoms with van der Waals surface area (Å²) in [5.41, 5.74) is 1.82. The van der Waals surface area contributed by atoms with Gasteiger partial charge >= 0.3 is 0 Å². The molecule has 11 heteroatoms. The first kappa shape index (κ1) is 24.2. The molecule has 3 N–H and O–H groups in total. The third-order valence-corrected chi connectivity index (χ3v) is 7.42. The van der Waals surface area contributed by atoms with Crippen LogP contribution >= 0.6 is 58.0 Å². The number of carbonyl (C=O) groups is 2. The molecular formula is C24H15Cl5N4O2. The highest BCUT2D eigenvalue weighted by atomic mass is 35.5. The van der Waals surface area contributed by atoms with Crippen molar-refractivity contribution in [2.45, 2.75) is 10.3 Å². The summed E-state index contributed by atoms with van der Waals surface area (Å²) in [6.07, 6.45) is 1.76. The van der Waals surface area contributed by atoms with E-state index in [1.165, 1.54) is 12.1 Å². The number of hydrogen-bond donors (Lipinski definition) is 3. The lowest BCUT2D eigenvalue weighted by molar-refractivity contribution is -0.117. The van der Waals surface area contributed by atoms with Crippen LogP contribution in [0, 0.1) is 5.92 Å². The lowest BCUT2D eigenvalue weighted by atomic mass is 10.1. The van der Waals surface area contributed by atoms with Crippen LogP contribution < -0.4 is 10.6 Å². The van der Waals surface area contributed by atoms with Crippen molar-refractivity contribution in [2.24, 2.45) is 5.92 Å². The standard InChI is InChI=1S/C24H15Cl5N4O2/c25-13-7-12(8-14(26)9-13)19-20(24(19,28)29)23(35)31-15-2-3-17(27)16(10-15)22(34)33-18-4-1-11-5-6-30-21(11)32-18/h1-10,19-20H,(H,31,35)(H2,30,32,33,34)/t19-,20+/m1/s1. The Morgan fingerprint density at radius 2 is 1.66 bits per heavy atom. The fourth-order valence-electron chi connectivity index (χ4n) is 4.00. The highest BCUT2D eigenvalue weighted by Crippen LogP contribution is 2.65. The minimum absolute atomic E-state index is 0.162. The van der Waals surface area contributed by atoms with Crippen LogP contribution in [0.1, 0.15) is 21.8 Å². The first-order valence-corrected chi connectivity index (χ1v) is 12.2. The second-order valence-corrected chi connectivity index (χ2v) is 10.8. The quantitative estimate of drug-likeness (QED) is 0.221. The number of rotatable bonds is 5. The van der Waals surface area contributed by atoms with Crippen LogP contribution in [0.4, 0.5) is 11.5 Å². The van der Waals surface area contributed by atoms with Gasteiger partial charge in [0.2, 0.25) is 5.91 Å². The molecule has 6 nitrogen and oxygen atoms in total. The highest BCUT2D eigenvalue weighted by Gasteiger charge is 2.67. The zero-order chi connectivity index (χ0) is 24.9. The number of amides is 2. The van der Waals surface area contributed by atoms with E-state index in [4.69, 9.17) is 58.0 Å². The predicted molar refractivity (Wildman–Crippen MR) is 141 cm³/mol. The normalized spacial score (nSPS) is 18.3. The van der Waals surface area contributed by atoms with Crippen molar-refractivity contribution >= 4 is 92.4 Å². The van der Waals surface area contributed by atoms with E-state index in [0.717, 1.165) is 5.39 Å². The minimum atomic E-state index is -1.33. The van der Waals surface area contributed by atoms with E-state index >= 15 is 0 Å². The van der Waals surface area contributed by atoms with E-state index in [9.17, 15) is 9.59 Å². The van der Waals surface area contributed by atoms with E-state index in [1.54, 1.807) is 36.5 Å². The van der Waals surface area contributed by atoms with Crippen LogP contribution in [-0.4, -0.2) is 26.1 Å². The average molecular weight is 569 g/mol. The van der Waals surface area contributed by atoms with Crippen molar-refractivity contribution in [1.29, 1.82) is 0 Å². The smallest absolute Gasteiger partial charge is 0.258 e. The molecule has 2 amide bonds. The molecule has 0 bridgehead atoms. The molecule has 0 spiro atoms. The Morgan fingerprint density at radius 3 is 2.40 bits per heavy atom. The second kappa shape index (κ2) is 9.19. The number of carbonyl (C=O) groups excluding carboxylic acids is 2. The Morgan fingerprint density at radius 1 is 0.914 bits per heavy atom. The van der Waals surface area contributed by atoms with Gasteiger partial charge in [-0.05, 0) is 60.2 Å². The van der Waals surface area contributed by atoms with Crippen molar-refractivity contribution < 1.29 is 9.59 Å². The minimum Gasteiger partial charge on any atom is -0.346 e. The van der Waals surface area contributed by atoms with Crippen molar-refractivity contribution in [3.05, 3.63) is 87.0 Å².